The average Bonchev–Trinajstić information content (AvgIpc) is 2.89. The van der Waals surface area contributed by atoms with Crippen molar-refractivity contribution in [1.29, 1.82) is 0 Å². The van der Waals surface area contributed by atoms with Crippen molar-refractivity contribution in [2.75, 3.05) is 39.4 Å². The smallest absolute Gasteiger partial charge is 0.265 e. The number of aryl methyl sites for hydroxylation is 1. The molecule has 0 bridgehead atoms. The molecule has 0 unspecified atom stereocenters. The van der Waals surface area contributed by atoms with E-state index in [4.69, 9.17) is 4.74 Å². The molecule has 5 nitrogen and oxygen atoms in total. The van der Waals surface area contributed by atoms with Crippen molar-refractivity contribution in [2.24, 2.45) is 0 Å². The summed E-state index contributed by atoms with van der Waals surface area (Å²) in [5, 5.41) is 1.05. The van der Waals surface area contributed by atoms with Gasteiger partial charge < -0.3 is 9.64 Å². The Hall–Kier alpha value is -0.980. The first-order chi connectivity index (χ1) is 10.2. The molecule has 0 radical (unpaired) electrons. The van der Waals surface area contributed by atoms with Crippen molar-refractivity contribution in [3.8, 4) is 0 Å². The number of hydrogen-bond donors (Lipinski definition) is 0. The number of aromatic nitrogens is 1. The van der Waals surface area contributed by atoms with E-state index in [9.17, 15) is 4.79 Å². The van der Waals surface area contributed by atoms with Gasteiger partial charge in [-0.3, -0.25) is 9.69 Å². The van der Waals surface area contributed by atoms with Crippen LogP contribution in [0.4, 0.5) is 0 Å². The fourth-order valence-corrected chi connectivity index (χ4v) is 3.98. The first-order valence-corrected chi connectivity index (χ1v) is 8.61. The van der Waals surface area contributed by atoms with Crippen molar-refractivity contribution < 1.29 is 9.53 Å². The Morgan fingerprint density at radius 1 is 1.19 bits per heavy atom. The number of thiazole rings is 1. The molecule has 3 heterocycles. The van der Waals surface area contributed by atoms with Crippen molar-refractivity contribution in [2.45, 2.75) is 32.7 Å². The third-order valence-corrected chi connectivity index (χ3v) is 5.27. The van der Waals surface area contributed by atoms with Gasteiger partial charge >= 0.3 is 0 Å². The van der Waals surface area contributed by atoms with Gasteiger partial charge in [-0.25, -0.2) is 4.98 Å². The van der Waals surface area contributed by atoms with E-state index in [0.717, 1.165) is 74.4 Å². The van der Waals surface area contributed by atoms with E-state index in [1.807, 2.05) is 11.8 Å². The molecular formula is C15H23N3O2S. The summed E-state index contributed by atoms with van der Waals surface area (Å²) in [6.07, 6.45) is 3.50. The van der Waals surface area contributed by atoms with Gasteiger partial charge in [-0.15, -0.1) is 11.3 Å². The Balaban J connectivity index is 1.66. The van der Waals surface area contributed by atoms with Crippen molar-refractivity contribution in [3.63, 3.8) is 0 Å². The first kappa shape index (κ1) is 14.9. The Morgan fingerprint density at radius 3 is 2.62 bits per heavy atom. The molecule has 0 saturated carbocycles. The third kappa shape index (κ3) is 3.62. The molecule has 21 heavy (non-hydrogen) atoms. The lowest BCUT2D eigenvalue weighted by atomic mass is 10.1. The van der Waals surface area contributed by atoms with Crippen LogP contribution >= 0.6 is 11.3 Å². The second-order valence-electron chi connectivity index (χ2n) is 5.76. The topological polar surface area (TPSA) is 45.7 Å². The SMILES string of the molecule is Cc1nc(CN2CCOCC2)sc1C(=O)N1CCCCC1. The molecule has 0 spiro atoms. The summed E-state index contributed by atoms with van der Waals surface area (Å²) in [6.45, 7) is 8.08. The molecule has 1 aromatic rings. The van der Waals surface area contributed by atoms with E-state index in [1.54, 1.807) is 11.3 Å². The fraction of sp³-hybridized carbons (Fsp3) is 0.733. The quantitative estimate of drug-likeness (QED) is 0.855. The number of rotatable bonds is 3. The van der Waals surface area contributed by atoms with E-state index >= 15 is 0 Å². The monoisotopic (exact) mass is 309 g/mol. The summed E-state index contributed by atoms with van der Waals surface area (Å²) in [4.78, 5) is 22.4. The zero-order chi connectivity index (χ0) is 14.7. The molecule has 1 amide bonds. The lowest BCUT2D eigenvalue weighted by Crippen LogP contribution is -2.35. The van der Waals surface area contributed by atoms with Crippen LogP contribution in [0.5, 0.6) is 0 Å². The highest BCUT2D eigenvalue weighted by Gasteiger charge is 2.23. The molecule has 6 heteroatoms. The first-order valence-electron chi connectivity index (χ1n) is 7.80. The molecule has 0 atom stereocenters. The number of morpholine rings is 1. The van der Waals surface area contributed by atoms with Crippen LogP contribution in [0.2, 0.25) is 0 Å². The van der Waals surface area contributed by atoms with E-state index in [0.29, 0.717) is 0 Å². The predicted octanol–water partition coefficient (Wildman–Crippen LogP) is 1.91. The van der Waals surface area contributed by atoms with Gasteiger partial charge in [0.2, 0.25) is 0 Å². The zero-order valence-corrected chi connectivity index (χ0v) is 13.5. The second-order valence-corrected chi connectivity index (χ2v) is 6.85. The number of piperidine rings is 1. The highest BCUT2D eigenvalue weighted by molar-refractivity contribution is 7.13. The second kappa shape index (κ2) is 6.85. The number of ether oxygens (including phenoxy) is 1. The third-order valence-electron chi connectivity index (χ3n) is 4.14. The van der Waals surface area contributed by atoms with Crippen LogP contribution in [0.25, 0.3) is 0 Å². The Labute approximate surface area is 129 Å². The molecule has 2 fully saturated rings. The number of hydrogen-bond acceptors (Lipinski definition) is 5. The Morgan fingerprint density at radius 2 is 1.90 bits per heavy atom. The van der Waals surface area contributed by atoms with Crippen LogP contribution in [0.3, 0.4) is 0 Å². The van der Waals surface area contributed by atoms with Gasteiger partial charge in [0.25, 0.3) is 5.91 Å². The van der Waals surface area contributed by atoms with E-state index in [2.05, 4.69) is 9.88 Å². The van der Waals surface area contributed by atoms with Crippen LogP contribution in [0.15, 0.2) is 0 Å². The van der Waals surface area contributed by atoms with Crippen LogP contribution in [0, 0.1) is 6.92 Å². The van der Waals surface area contributed by atoms with Gasteiger partial charge in [0.15, 0.2) is 0 Å². The molecule has 0 N–H and O–H groups in total. The summed E-state index contributed by atoms with van der Waals surface area (Å²) in [6, 6.07) is 0. The number of carbonyl (C=O) groups is 1. The minimum absolute atomic E-state index is 0.179. The Kier molecular flexibility index (Phi) is 4.87. The van der Waals surface area contributed by atoms with Gasteiger partial charge in [-0.1, -0.05) is 0 Å². The molecule has 2 saturated heterocycles. The lowest BCUT2D eigenvalue weighted by Gasteiger charge is -2.26. The number of likely N-dealkylation sites (tertiary alicyclic amines) is 1. The summed E-state index contributed by atoms with van der Waals surface area (Å²) in [5.41, 5.74) is 0.888. The van der Waals surface area contributed by atoms with Crippen LogP contribution in [0.1, 0.15) is 39.6 Å². The summed E-state index contributed by atoms with van der Waals surface area (Å²) >= 11 is 1.57. The highest BCUT2D eigenvalue weighted by Crippen LogP contribution is 2.23. The van der Waals surface area contributed by atoms with Crippen LogP contribution in [-0.2, 0) is 11.3 Å². The summed E-state index contributed by atoms with van der Waals surface area (Å²) in [5.74, 6) is 0.179. The van der Waals surface area contributed by atoms with Gasteiger partial charge in [0.1, 0.15) is 9.88 Å². The maximum absolute atomic E-state index is 12.6. The standard InChI is InChI=1S/C15H23N3O2S/c1-12-14(15(19)18-5-3-2-4-6-18)21-13(16-12)11-17-7-9-20-10-8-17/h2-11H2,1H3. The molecule has 116 valence electrons. The van der Waals surface area contributed by atoms with Crippen molar-refractivity contribution >= 4 is 17.2 Å². The van der Waals surface area contributed by atoms with E-state index in [1.165, 1.54) is 6.42 Å². The lowest BCUT2D eigenvalue weighted by molar-refractivity contribution is 0.0341. The molecule has 1 aromatic heterocycles. The minimum atomic E-state index is 0.179. The number of nitrogens with zero attached hydrogens (tertiary/aromatic N) is 3. The molecule has 0 aromatic carbocycles. The fourth-order valence-electron chi connectivity index (χ4n) is 2.91. The maximum Gasteiger partial charge on any atom is 0.265 e. The highest BCUT2D eigenvalue weighted by atomic mass is 32.1. The zero-order valence-electron chi connectivity index (χ0n) is 12.6. The van der Waals surface area contributed by atoms with Gasteiger partial charge in [0, 0.05) is 26.2 Å². The molecule has 0 aliphatic carbocycles. The van der Waals surface area contributed by atoms with Gasteiger partial charge in [-0.05, 0) is 26.2 Å². The van der Waals surface area contributed by atoms with Gasteiger partial charge in [-0.2, -0.15) is 0 Å². The van der Waals surface area contributed by atoms with Crippen LogP contribution < -0.4 is 0 Å². The normalized spacial score (nSPS) is 20.7. The van der Waals surface area contributed by atoms with E-state index in [-0.39, 0.29) is 5.91 Å². The summed E-state index contributed by atoms with van der Waals surface area (Å²) in [7, 11) is 0. The molecule has 2 aliphatic heterocycles. The number of amides is 1. The summed E-state index contributed by atoms with van der Waals surface area (Å²) < 4.78 is 5.36. The van der Waals surface area contributed by atoms with Crippen molar-refractivity contribution in [3.05, 3.63) is 15.6 Å². The molecule has 3 rings (SSSR count). The van der Waals surface area contributed by atoms with Crippen molar-refractivity contribution in [1.82, 2.24) is 14.8 Å². The average molecular weight is 309 g/mol. The molecular weight excluding hydrogens is 286 g/mol. The molecule has 2 aliphatic rings. The predicted molar refractivity (Wildman–Crippen MR) is 82.7 cm³/mol. The maximum atomic E-state index is 12.6. The van der Waals surface area contributed by atoms with E-state index < -0.39 is 0 Å². The largest absolute Gasteiger partial charge is 0.379 e. The Bertz CT molecular complexity index is 491. The number of carbonyl (C=O) groups excluding carboxylic acids is 1. The van der Waals surface area contributed by atoms with Crippen LogP contribution in [-0.4, -0.2) is 60.1 Å². The minimum Gasteiger partial charge on any atom is -0.379 e. The van der Waals surface area contributed by atoms with Gasteiger partial charge in [0.05, 0.1) is 25.5 Å².